The van der Waals surface area contributed by atoms with E-state index >= 15 is 4.39 Å². The van der Waals surface area contributed by atoms with Gasteiger partial charge in [-0.1, -0.05) is 35.5 Å². The molecular weight excluding hydrogens is 517 g/mol. The van der Waals surface area contributed by atoms with Gasteiger partial charge in [-0.15, -0.1) is 10.2 Å². The topological polar surface area (TPSA) is 81.8 Å². The van der Waals surface area contributed by atoms with Gasteiger partial charge in [-0.25, -0.2) is 4.39 Å². The Hall–Kier alpha value is -2.79. The molecule has 0 aliphatic carbocycles. The molecule has 5 rings (SSSR count). The van der Waals surface area contributed by atoms with E-state index in [1.165, 1.54) is 13.2 Å². The highest BCUT2D eigenvalue weighted by atomic mass is 35.5. The van der Waals surface area contributed by atoms with Crippen molar-refractivity contribution in [1.82, 2.24) is 19.7 Å². The molecule has 1 saturated heterocycles. The summed E-state index contributed by atoms with van der Waals surface area (Å²) in [6.45, 7) is 4.21. The van der Waals surface area contributed by atoms with Crippen LogP contribution in [0.4, 0.5) is 4.39 Å². The number of carbonyl (C=O) groups excluding carboxylic acids is 1. The van der Waals surface area contributed by atoms with Crippen molar-refractivity contribution in [3.8, 4) is 5.69 Å². The summed E-state index contributed by atoms with van der Waals surface area (Å²) in [6, 6.07) is 11.4. The first-order chi connectivity index (χ1) is 18.0. The Bertz CT molecular complexity index is 1310. The average Bonchev–Trinajstić information content (AvgIpc) is 3.27. The van der Waals surface area contributed by atoms with Gasteiger partial charge in [-0.2, -0.15) is 0 Å². The highest BCUT2D eigenvalue weighted by molar-refractivity contribution is 7.99. The molecule has 8 nitrogen and oxygen atoms in total. The molecule has 37 heavy (non-hydrogen) atoms. The predicted octanol–water partition coefficient (Wildman–Crippen LogP) is 4.33. The molecule has 1 fully saturated rings. The normalized spacial score (nSPS) is 17.5. The summed E-state index contributed by atoms with van der Waals surface area (Å²) >= 11 is 8.02. The summed E-state index contributed by atoms with van der Waals surface area (Å²) in [5, 5.41) is 10.2. The molecule has 3 heterocycles. The van der Waals surface area contributed by atoms with Gasteiger partial charge >= 0.3 is 5.97 Å². The van der Waals surface area contributed by atoms with E-state index in [4.69, 9.17) is 26.1 Å². The molecule has 1 atom stereocenters. The van der Waals surface area contributed by atoms with E-state index in [0.717, 1.165) is 44.3 Å². The number of hydrogen-bond acceptors (Lipinski definition) is 8. The summed E-state index contributed by atoms with van der Waals surface area (Å²) in [6.07, 6.45) is 0.474. The van der Waals surface area contributed by atoms with Gasteiger partial charge in [0.25, 0.3) is 0 Å². The number of ether oxygens (including phenoxy) is 2. The van der Waals surface area contributed by atoms with Crippen LogP contribution in [0.25, 0.3) is 5.69 Å². The Morgan fingerprint density at radius 2 is 2.00 bits per heavy atom. The lowest BCUT2D eigenvalue weighted by Crippen LogP contribution is -2.37. The van der Waals surface area contributed by atoms with E-state index in [1.807, 2.05) is 10.6 Å². The third-order valence-corrected chi connectivity index (χ3v) is 7.56. The van der Waals surface area contributed by atoms with Crippen LogP contribution < -0.4 is 0 Å². The zero-order valence-electron chi connectivity index (χ0n) is 20.4. The second-order valence-electron chi connectivity index (χ2n) is 8.73. The van der Waals surface area contributed by atoms with Crippen molar-refractivity contribution in [2.24, 2.45) is 4.99 Å². The molecule has 2 aromatic carbocycles. The summed E-state index contributed by atoms with van der Waals surface area (Å²) in [5.41, 5.74) is 2.25. The SMILES string of the molecule is COC(=O)CC[C@@H]1N=C(c2ccccc2F)c2cc(Cl)ccc2-n2c(SCCN3CCOCC3)nnc21. The van der Waals surface area contributed by atoms with Crippen LogP contribution in [0.15, 0.2) is 52.6 Å². The molecule has 0 bridgehead atoms. The van der Waals surface area contributed by atoms with Gasteiger partial charge in [0.15, 0.2) is 11.0 Å². The van der Waals surface area contributed by atoms with Crippen molar-refractivity contribution in [3.63, 3.8) is 0 Å². The van der Waals surface area contributed by atoms with Gasteiger partial charge < -0.3 is 9.47 Å². The summed E-state index contributed by atoms with van der Waals surface area (Å²) in [5.74, 6) is 0.664. The number of halogens is 2. The van der Waals surface area contributed by atoms with Crippen molar-refractivity contribution in [2.45, 2.75) is 24.0 Å². The molecular formula is C26H27ClFN5O3S. The molecule has 1 aromatic heterocycles. The summed E-state index contributed by atoms with van der Waals surface area (Å²) in [4.78, 5) is 19.3. The number of benzene rings is 2. The first-order valence-corrected chi connectivity index (χ1v) is 13.5. The fourth-order valence-electron chi connectivity index (χ4n) is 4.50. The van der Waals surface area contributed by atoms with Gasteiger partial charge in [0.2, 0.25) is 0 Å². The van der Waals surface area contributed by atoms with Crippen molar-refractivity contribution < 1.29 is 18.7 Å². The molecule has 2 aliphatic heterocycles. The van der Waals surface area contributed by atoms with E-state index in [-0.39, 0.29) is 12.4 Å². The van der Waals surface area contributed by atoms with Crippen LogP contribution in [0.3, 0.4) is 0 Å². The fraction of sp³-hybridized carbons (Fsp3) is 0.385. The minimum Gasteiger partial charge on any atom is -0.469 e. The zero-order chi connectivity index (χ0) is 25.8. The molecule has 0 N–H and O–H groups in total. The molecule has 194 valence electrons. The third-order valence-electron chi connectivity index (χ3n) is 6.42. The minimum atomic E-state index is -0.541. The average molecular weight is 544 g/mol. The highest BCUT2D eigenvalue weighted by Crippen LogP contribution is 2.36. The quantitative estimate of drug-likeness (QED) is 0.309. The Morgan fingerprint density at radius 3 is 2.78 bits per heavy atom. The number of aromatic nitrogens is 3. The summed E-state index contributed by atoms with van der Waals surface area (Å²) in [7, 11) is 1.35. The second kappa shape index (κ2) is 11.7. The number of aliphatic imine (C=N–C) groups is 1. The number of fused-ring (bicyclic) bond motifs is 3. The van der Waals surface area contributed by atoms with Crippen molar-refractivity contribution in [1.29, 1.82) is 0 Å². The molecule has 0 unspecified atom stereocenters. The monoisotopic (exact) mass is 543 g/mol. The van der Waals surface area contributed by atoms with Crippen LogP contribution in [0.2, 0.25) is 5.02 Å². The zero-order valence-corrected chi connectivity index (χ0v) is 22.0. The van der Waals surface area contributed by atoms with E-state index in [0.29, 0.717) is 39.3 Å². The highest BCUT2D eigenvalue weighted by Gasteiger charge is 2.30. The second-order valence-corrected chi connectivity index (χ2v) is 10.2. The van der Waals surface area contributed by atoms with Crippen LogP contribution >= 0.6 is 23.4 Å². The standard InChI is InChI=1S/C26H27ClFN5O3S/c1-35-23(34)9-7-21-25-30-31-26(37-15-12-32-10-13-36-14-11-32)33(25)22-8-6-17(27)16-19(22)24(29-21)18-4-2-3-5-20(18)28/h2-6,8,16,21H,7,9-15H2,1H3/t21-/m0/s1. The lowest BCUT2D eigenvalue weighted by molar-refractivity contribution is -0.140. The fourth-order valence-corrected chi connectivity index (χ4v) is 5.63. The molecule has 0 amide bonds. The maximum Gasteiger partial charge on any atom is 0.305 e. The number of carbonyl (C=O) groups is 1. The van der Waals surface area contributed by atoms with Crippen LogP contribution in [-0.2, 0) is 14.3 Å². The van der Waals surface area contributed by atoms with E-state index in [1.54, 1.807) is 42.1 Å². The van der Waals surface area contributed by atoms with E-state index in [2.05, 4.69) is 15.1 Å². The number of rotatable bonds is 8. The Balaban J connectivity index is 1.56. The molecule has 0 spiro atoms. The number of methoxy groups -OCH3 is 1. The van der Waals surface area contributed by atoms with Gasteiger partial charge in [-0.3, -0.25) is 19.3 Å². The maximum absolute atomic E-state index is 15.0. The number of morpholine rings is 1. The maximum atomic E-state index is 15.0. The van der Waals surface area contributed by atoms with Crippen molar-refractivity contribution in [2.75, 3.05) is 45.7 Å². The Kier molecular flexibility index (Phi) is 8.19. The Morgan fingerprint density at radius 1 is 1.19 bits per heavy atom. The molecule has 0 saturated carbocycles. The van der Waals surface area contributed by atoms with E-state index < -0.39 is 11.9 Å². The lowest BCUT2D eigenvalue weighted by atomic mass is 10.00. The lowest BCUT2D eigenvalue weighted by Gasteiger charge is -2.26. The molecule has 2 aliphatic rings. The number of esters is 1. The van der Waals surface area contributed by atoms with Crippen LogP contribution in [0, 0.1) is 5.82 Å². The van der Waals surface area contributed by atoms with Crippen molar-refractivity contribution in [3.05, 3.63) is 70.3 Å². The van der Waals surface area contributed by atoms with Gasteiger partial charge in [0.1, 0.15) is 11.9 Å². The van der Waals surface area contributed by atoms with E-state index in [9.17, 15) is 4.79 Å². The molecule has 3 aromatic rings. The largest absolute Gasteiger partial charge is 0.469 e. The van der Waals surface area contributed by atoms with Gasteiger partial charge in [-0.05, 0) is 36.8 Å². The predicted molar refractivity (Wildman–Crippen MR) is 140 cm³/mol. The van der Waals surface area contributed by atoms with Crippen LogP contribution in [0.1, 0.15) is 35.8 Å². The number of nitrogens with zero attached hydrogens (tertiary/aromatic N) is 5. The van der Waals surface area contributed by atoms with Crippen LogP contribution in [0.5, 0.6) is 0 Å². The summed E-state index contributed by atoms with van der Waals surface area (Å²) < 4.78 is 27.3. The number of hydrogen-bond donors (Lipinski definition) is 0. The Labute approximate surface area is 223 Å². The van der Waals surface area contributed by atoms with Crippen LogP contribution in [-0.4, -0.2) is 77.1 Å². The number of thioether (sulfide) groups is 1. The third kappa shape index (κ3) is 5.72. The van der Waals surface area contributed by atoms with Gasteiger partial charge in [0.05, 0.1) is 31.7 Å². The van der Waals surface area contributed by atoms with Crippen molar-refractivity contribution >= 4 is 35.0 Å². The van der Waals surface area contributed by atoms with Gasteiger partial charge in [0, 0.05) is 48.0 Å². The first-order valence-electron chi connectivity index (χ1n) is 12.1. The molecule has 0 radical (unpaired) electrons. The smallest absolute Gasteiger partial charge is 0.305 e. The first kappa shape index (κ1) is 25.8. The minimum absolute atomic E-state index is 0.138. The molecule has 11 heteroatoms.